The fourth-order valence-corrected chi connectivity index (χ4v) is 7.28. The molecular weight excluding hydrogens is 654 g/mol. The van der Waals surface area contributed by atoms with Gasteiger partial charge in [0.2, 0.25) is 0 Å². The second kappa shape index (κ2) is 12.4. The predicted molar refractivity (Wildman–Crippen MR) is 181 cm³/mol. The number of allylic oxidation sites excluding steroid dienone is 2. The standard InChI is InChI=1S/C39H34F6N4O/c1-22(2)25-17-18-46-35(19-25)48-33-14-6-5-11-29(33)30-16-15-28(21-34(30)48)50-27-10-7-9-26(20-27)49-24(4)36(23(3)47-49)37-31(38(40,41)42)12-8-13-32(37)39(43,44)45/h5-7,9-12,14-22,32,37H,8,13H2,1-4H3/t32-,37?/m0/s1. The van der Waals surface area contributed by atoms with Crippen LogP contribution in [0.5, 0.6) is 11.5 Å². The van der Waals surface area contributed by atoms with Crippen LogP contribution in [-0.2, 0) is 0 Å². The van der Waals surface area contributed by atoms with Gasteiger partial charge in [0, 0.05) is 51.9 Å². The molecule has 0 radical (unpaired) electrons. The summed E-state index contributed by atoms with van der Waals surface area (Å²) in [5.74, 6) is -2.06. The molecule has 0 aliphatic heterocycles. The van der Waals surface area contributed by atoms with Gasteiger partial charge in [-0.3, -0.25) is 4.57 Å². The third kappa shape index (κ3) is 5.92. The Kier molecular flexibility index (Phi) is 8.27. The number of halogens is 6. The van der Waals surface area contributed by atoms with E-state index in [-0.39, 0.29) is 23.4 Å². The van der Waals surface area contributed by atoms with Gasteiger partial charge in [-0.05, 0) is 80.6 Å². The quantitative estimate of drug-likeness (QED) is 0.129. The first-order valence-corrected chi connectivity index (χ1v) is 16.4. The van der Waals surface area contributed by atoms with Crippen LogP contribution < -0.4 is 4.74 Å². The number of ether oxygens (including phenoxy) is 1. The van der Waals surface area contributed by atoms with E-state index in [1.807, 2.05) is 42.5 Å². The lowest BCUT2D eigenvalue weighted by molar-refractivity contribution is -0.187. The summed E-state index contributed by atoms with van der Waals surface area (Å²) in [5, 5.41) is 6.53. The summed E-state index contributed by atoms with van der Waals surface area (Å²) in [4.78, 5) is 4.69. The molecule has 5 nitrogen and oxygen atoms in total. The number of hydrogen-bond donors (Lipinski definition) is 0. The van der Waals surface area contributed by atoms with Gasteiger partial charge in [0.05, 0.1) is 28.3 Å². The summed E-state index contributed by atoms with van der Waals surface area (Å²) in [6.45, 7) is 7.22. The van der Waals surface area contributed by atoms with Gasteiger partial charge in [0.25, 0.3) is 0 Å². The summed E-state index contributed by atoms with van der Waals surface area (Å²) >= 11 is 0. The zero-order chi connectivity index (χ0) is 35.5. The van der Waals surface area contributed by atoms with E-state index in [0.29, 0.717) is 23.1 Å². The lowest BCUT2D eigenvalue weighted by atomic mass is 9.73. The van der Waals surface area contributed by atoms with Crippen LogP contribution in [0.15, 0.2) is 96.7 Å². The van der Waals surface area contributed by atoms with Crippen molar-refractivity contribution in [2.75, 3.05) is 0 Å². The fraction of sp³-hybridized carbons (Fsp3) is 0.282. The molecule has 3 aromatic carbocycles. The highest BCUT2D eigenvalue weighted by molar-refractivity contribution is 6.09. The normalized spacial score (nSPS) is 17.1. The summed E-state index contributed by atoms with van der Waals surface area (Å²) in [5.41, 5.74) is 2.55. The number of benzene rings is 3. The lowest BCUT2D eigenvalue weighted by Crippen LogP contribution is -2.36. The number of aryl methyl sites for hydroxylation is 1. The van der Waals surface area contributed by atoms with Crippen molar-refractivity contribution in [2.24, 2.45) is 5.92 Å². The van der Waals surface area contributed by atoms with E-state index in [1.165, 1.54) is 18.5 Å². The SMILES string of the molecule is Cc1nn(-c2cccc(Oc3ccc4c5ccccc5n(-c5cc(C(C)C)ccn5)c4c3)c2)c(C)c1C1C(C(F)(F)F)=CCC[C@@H]1C(F)(F)F. The zero-order valence-electron chi connectivity index (χ0n) is 27.8. The van der Waals surface area contributed by atoms with E-state index in [4.69, 9.17) is 9.72 Å². The highest BCUT2D eigenvalue weighted by Gasteiger charge is 2.54. The third-order valence-corrected chi connectivity index (χ3v) is 9.59. The first kappa shape index (κ1) is 33.4. The van der Waals surface area contributed by atoms with Crippen molar-refractivity contribution in [1.29, 1.82) is 0 Å². The van der Waals surface area contributed by atoms with Crippen molar-refractivity contribution < 1.29 is 31.1 Å². The molecule has 0 fully saturated rings. The van der Waals surface area contributed by atoms with E-state index >= 15 is 0 Å². The van der Waals surface area contributed by atoms with Gasteiger partial charge in [-0.1, -0.05) is 44.2 Å². The molecule has 0 spiro atoms. The molecule has 1 aliphatic rings. The molecule has 3 heterocycles. The van der Waals surface area contributed by atoms with Gasteiger partial charge < -0.3 is 4.74 Å². The fourth-order valence-electron chi connectivity index (χ4n) is 7.28. The molecular formula is C39H34F6N4O. The van der Waals surface area contributed by atoms with Crippen LogP contribution in [0.4, 0.5) is 26.3 Å². The Morgan fingerprint density at radius 2 is 1.56 bits per heavy atom. The largest absolute Gasteiger partial charge is 0.457 e. The minimum Gasteiger partial charge on any atom is -0.457 e. The van der Waals surface area contributed by atoms with E-state index in [2.05, 4.69) is 35.6 Å². The molecule has 50 heavy (non-hydrogen) atoms. The van der Waals surface area contributed by atoms with Gasteiger partial charge in [-0.25, -0.2) is 9.67 Å². The molecule has 11 heteroatoms. The van der Waals surface area contributed by atoms with Crippen molar-refractivity contribution in [2.45, 2.75) is 64.7 Å². The van der Waals surface area contributed by atoms with Crippen molar-refractivity contribution in [3.8, 4) is 23.0 Å². The molecule has 0 saturated carbocycles. The van der Waals surface area contributed by atoms with Crippen LogP contribution in [-0.4, -0.2) is 31.7 Å². The van der Waals surface area contributed by atoms with Crippen LogP contribution >= 0.6 is 0 Å². The maximum Gasteiger partial charge on any atom is 0.412 e. The number of nitrogens with zero attached hydrogens (tertiary/aromatic N) is 4. The molecule has 0 saturated heterocycles. The van der Waals surface area contributed by atoms with E-state index in [1.54, 1.807) is 30.5 Å². The number of aromatic nitrogens is 4. The number of fused-ring (bicyclic) bond motifs is 3. The average molecular weight is 689 g/mol. The molecule has 6 aromatic rings. The second-order valence-electron chi connectivity index (χ2n) is 13.1. The number of rotatable bonds is 6. The van der Waals surface area contributed by atoms with Gasteiger partial charge in [-0.2, -0.15) is 31.4 Å². The van der Waals surface area contributed by atoms with Crippen molar-refractivity contribution in [1.82, 2.24) is 19.3 Å². The third-order valence-electron chi connectivity index (χ3n) is 9.59. The minimum absolute atomic E-state index is 0.0599. The molecule has 258 valence electrons. The van der Waals surface area contributed by atoms with E-state index in [0.717, 1.165) is 39.3 Å². The smallest absolute Gasteiger partial charge is 0.412 e. The second-order valence-corrected chi connectivity index (χ2v) is 13.1. The number of alkyl halides is 6. The Bertz CT molecular complexity index is 2260. The predicted octanol–water partition coefficient (Wildman–Crippen LogP) is 11.4. The van der Waals surface area contributed by atoms with E-state index in [9.17, 15) is 26.3 Å². The van der Waals surface area contributed by atoms with Crippen molar-refractivity contribution in [3.05, 3.63) is 119 Å². The average Bonchev–Trinajstić information content (AvgIpc) is 3.56. The van der Waals surface area contributed by atoms with Crippen molar-refractivity contribution >= 4 is 21.8 Å². The van der Waals surface area contributed by atoms with Crippen molar-refractivity contribution in [3.63, 3.8) is 0 Å². The van der Waals surface area contributed by atoms with E-state index < -0.39 is 36.2 Å². The Morgan fingerprint density at radius 1 is 0.820 bits per heavy atom. The number of hydrogen-bond acceptors (Lipinski definition) is 3. The van der Waals surface area contributed by atoms with Crippen LogP contribution in [0.2, 0.25) is 0 Å². The topological polar surface area (TPSA) is 44.9 Å². The Labute approximate surface area is 284 Å². The molecule has 0 bridgehead atoms. The molecule has 1 unspecified atom stereocenters. The van der Waals surface area contributed by atoms with Gasteiger partial charge >= 0.3 is 12.4 Å². The van der Waals surface area contributed by atoms with Crippen LogP contribution in [0, 0.1) is 19.8 Å². The monoisotopic (exact) mass is 688 g/mol. The first-order chi connectivity index (χ1) is 23.7. The molecule has 3 aromatic heterocycles. The lowest BCUT2D eigenvalue weighted by Gasteiger charge is -2.35. The number of para-hydroxylation sites is 1. The minimum atomic E-state index is -4.91. The highest BCUT2D eigenvalue weighted by atomic mass is 19.4. The molecule has 2 atom stereocenters. The summed E-state index contributed by atoms with van der Waals surface area (Å²) < 4.78 is 94.8. The summed E-state index contributed by atoms with van der Waals surface area (Å²) in [6, 6.07) is 24.7. The Morgan fingerprint density at radius 3 is 2.30 bits per heavy atom. The zero-order valence-corrected chi connectivity index (χ0v) is 27.8. The summed E-state index contributed by atoms with van der Waals surface area (Å²) in [6.07, 6.45) is -7.75. The van der Waals surface area contributed by atoms with Gasteiger partial charge in [0.1, 0.15) is 17.3 Å². The van der Waals surface area contributed by atoms with Crippen LogP contribution in [0.1, 0.15) is 61.0 Å². The van der Waals surface area contributed by atoms with Gasteiger partial charge in [0.15, 0.2) is 0 Å². The Hall–Kier alpha value is -5.06. The molecule has 7 rings (SSSR count). The Balaban J connectivity index is 1.27. The first-order valence-electron chi connectivity index (χ1n) is 16.4. The summed E-state index contributed by atoms with van der Waals surface area (Å²) in [7, 11) is 0. The van der Waals surface area contributed by atoms with Crippen LogP contribution in [0.3, 0.4) is 0 Å². The maximum absolute atomic E-state index is 14.2. The number of pyridine rings is 1. The maximum atomic E-state index is 14.2. The molecule has 0 amide bonds. The highest BCUT2D eigenvalue weighted by Crippen LogP contribution is 2.53. The van der Waals surface area contributed by atoms with Crippen LogP contribution in [0.25, 0.3) is 33.3 Å². The molecule has 1 aliphatic carbocycles. The molecule has 0 N–H and O–H groups in total. The van der Waals surface area contributed by atoms with Gasteiger partial charge in [-0.15, -0.1) is 0 Å².